The smallest absolute Gasteiger partial charge is 0.165 e. The van der Waals surface area contributed by atoms with Crippen molar-refractivity contribution in [3.8, 4) is 5.75 Å². The minimum Gasteiger partial charge on any atom is -0.494 e. The summed E-state index contributed by atoms with van der Waals surface area (Å²) in [6.45, 7) is 6.54. The lowest BCUT2D eigenvalue weighted by atomic mass is 10.3. The molecule has 2 aromatic carbocycles. The van der Waals surface area contributed by atoms with Crippen LogP contribution in [0.3, 0.4) is 0 Å². The molecule has 0 spiro atoms. The van der Waals surface area contributed by atoms with E-state index in [1.165, 1.54) is 11.3 Å². The fourth-order valence-electron chi connectivity index (χ4n) is 3.65. The van der Waals surface area contributed by atoms with Crippen LogP contribution in [0.4, 0.5) is 0 Å². The number of hydrogen-bond acceptors (Lipinski definition) is 3. The average Bonchev–Trinajstić information content (AvgIpc) is 3.06. The Balaban J connectivity index is 1.38. The molecular weight excluding hydrogens is 338 g/mol. The Morgan fingerprint density at radius 1 is 0.963 bits per heavy atom. The summed E-state index contributed by atoms with van der Waals surface area (Å²) in [4.78, 5) is 6.48. The first-order chi connectivity index (χ1) is 13.4. The molecule has 0 unspecified atom stereocenters. The number of aromatic nitrogens is 2. The van der Waals surface area contributed by atoms with Gasteiger partial charge in [0.05, 0.1) is 30.9 Å². The van der Waals surface area contributed by atoms with Gasteiger partial charge in [-0.2, -0.15) is 0 Å². The monoisotopic (exact) mass is 366 g/mol. The van der Waals surface area contributed by atoms with Crippen LogP contribution in [0, 0.1) is 0 Å². The molecule has 1 N–H and O–H groups in total. The van der Waals surface area contributed by atoms with E-state index >= 15 is 0 Å². The summed E-state index contributed by atoms with van der Waals surface area (Å²) in [5, 5.41) is 0. The predicted octanol–water partition coefficient (Wildman–Crippen LogP) is 2.31. The first-order valence-electron chi connectivity index (χ1n) is 9.93. The highest BCUT2D eigenvalue weighted by Gasteiger charge is 2.19. The zero-order valence-electron chi connectivity index (χ0n) is 15.8. The van der Waals surface area contributed by atoms with Crippen molar-refractivity contribution in [1.29, 1.82) is 0 Å². The first-order valence-corrected chi connectivity index (χ1v) is 9.93. The van der Waals surface area contributed by atoms with Crippen LogP contribution in [-0.4, -0.2) is 42.5 Å². The third-order valence-electron chi connectivity index (χ3n) is 5.13. The number of nitrogens with zero attached hydrogens (tertiary/aromatic N) is 2. The quantitative estimate of drug-likeness (QED) is 0.622. The van der Waals surface area contributed by atoms with Gasteiger partial charge in [-0.1, -0.05) is 30.3 Å². The van der Waals surface area contributed by atoms with Crippen LogP contribution in [-0.2, 0) is 17.8 Å². The van der Waals surface area contributed by atoms with Gasteiger partial charge in [0.15, 0.2) is 5.82 Å². The number of imidazole rings is 1. The van der Waals surface area contributed by atoms with E-state index in [2.05, 4.69) is 28.8 Å². The van der Waals surface area contributed by atoms with E-state index in [0.717, 1.165) is 70.1 Å². The molecule has 2 heterocycles. The number of benzene rings is 2. The van der Waals surface area contributed by atoms with Crippen molar-refractivity contribution in [2.45, 2.75) is 25.9 Å². The number of fused-ring (bicyclic) bond motifs is 1. The number of morpholine rings is 1. The van der Waals surface area contributed by atoms with E-state index in [1.54, 1.807) is 4.90 Å². The molecule has 0 aliphatic carbocycles. The number of aryl methyl sites for hydroxylation is 1. The highest BCUT2D eigenvalue weighted by Crippen LogP contribution is 2.17. The minimum atomic E-state index is 0.751. The molecule has 1 saturated heterocycles. The minimum absolute atomic E-state index is 0.751. The number of unbranched alkanes of at least 4 members (excludes halogenated alkanes) is 1. The number of para-hydroxylation sites is 3. The largest absolute Gasteiger partial charge is 0.494 e. The highest BCUT2D eigenvalue weighted by molar-refractivity contribution is 5.75. The molecule has 1 aliphatic heterocycles. The van der Waals surface area contributed by atoms with Gasteiger partial charge in [0.1, 0.15) is 25.4 Å². The van der Waals surface area contributed by atoms with Crippen molar-refractivity contribution in [2.24, 2.45) is 0 Å². The van der Waals surface area contributed by atoms with Gasteiger partial charge in [0.2, 0.25) is 0 Å². The average molecular weight is 366 g/mol. The van der Waals surface area contributed by atoms with Gasteiger partial charge in [-0.25, -0.2) is 4.98 Å². The SMILES string of the molecule is c1ccc(OCCCCn2c(C[NH+]3CCOCC3)nc3ccccc32)cc1. The molecule has 0 radical (unpaired) electrons. The molecule has 5 nitrogen and oxygen atoms in total. The lowest BCUT2D eigenvalue weighted by Crippen LogP contribution is -3.12. The van der Waals surface area contributed by atoms with Crippen LogP contribution in [0.5, 0.6) is 5.75 Å². The maximum atomic E-state index is 5.82. The van der Waals surface area contributed by atoms with Crippen LogP contribution in [0.25, 0.3) is 11.0 Å². The van der Waals surface area contributed by atoms with Crippen LogP contribution in [0.15, 0.2) is 54.6 Å². The zero-order valence-corrected chi connectivity index (χ0v) is 15.8. The Bertz CT molecular complexity index is 841. The normalized spacial score (nSPS) is 15.3. The second-order valence-electron chi connectivity index (χ2n) is 7.08. The molecule has 4 rings (SSSR count). The van der Waals surface area contributed by atoms with E-state index in [1.807, 2.05) is 30.3 Å². The molecule has 3 aromatic rings. The van der Waals surface area contributed by atoms with E-state index in [0.29, 0.717) is 0 Å². The molecular formula is C22H28N3O2+. The van der Waals surface area contributed by atoms with Crippen molar-refractivity contribution in [3.63, 3.8) is 0 Å². The summed E-state index contributed by atoms with van der Waals surface area (Å²) in [6, 6.07) is 18.5. The highest BCUT2D eigenvalue weighted by atomic mass is 16.5. The number of rotatable bonds is 8. The van der Waals surface area contributed by atoms with Crippen LogP contribution < -0.4 is 9.64 Å². The maximum absolute atomic E-state index is 5.82. The van der Waals surface area contributed by atoms with E-state index < -0.39 is 0 Å². The second kappa shape index (κ2) is 9.02. The molecule has 5 heteroatoms. The number of quaternary nitrogens is 1. The fraction of sp³-hybridized carbons (Fsp3) is 0.409. The summed E-state index contributed by atoms with van der Waals surface area (Å²) in [7, 11) is 0. The van der Waals surface area contributed by atoms with Crippen LogP contribution in [0.2, 0.25) is 0 Å². The second-order valence-corrected chi connectivity index (χ2v) is 7.08. The van der Waals surface area contributed by atoms with Gasteiger partial charge in [0, 0.05) is 6.54 Å². The number of hydrogen-bond donors (Lipinski definition) is 1. The van der Waals surface area contributed by atoms with E-state index in [9.17, 15) is 0 Å². The molecule has 1 fully saturated rings. The van der Waals surface area contributed by atoms with Crippen molar-refractivity contribution in [2.75, 3.05) is 32.9 Å². The molecule has 0 amide bonds. The van der Waals surface area contributed by atoms with Crippen LogP contribution >= 0.6 is 0 Å². The molecule has 1 aliphatic rings. The molecule has 0 saturated carbocycles. The van der Waals surface area contributed by atoms with Gasteiger partial charge in [-0.3, -0.25) is 0 Å². The summed E-state index contributed by atoms with van der Waals surface area (Å²) in [5.41, 5.74) is 2.34. The Morgan fingerprint density at radius 2 is 1.74 bits per heavy atom. The Labute approximate surface area is 160 Å². The molecule has 27 heavy (non-hydrogen) atoms. The Morgan fingerprint density at radius 3 is 2.59 bits per heavy atom. The maximum Gasteiger partial charge on any atom is 0.165 e. The molecule has 0 bridgehead atoms. The third kappa shape index (κ3) is 4.67. The Hall–Kier alpha value is -2.37. The molecule has 1 aromatic heterocycles. The van der Waals surface area contributed by atoms with Crippen molar-refractivity contribution in [3.05, 3.63) is 60.4 Å². The fourth-order valence-corrected chi connectivity index (χ4v) is 3.65. The topological polar surface area (TPSA) is 40.7 Å². The molecule has 142 valence electrons. The van der Waals surface area contributed by atoms with Gasteiger partial charge >= 0.3 is 0 Å². The summed E-state index contributed by atoms with van der Waals surface area (Å²) < 4.78 is 13.7. The third-order valence-corrected chi connectivity index (χ3v) is 5.13. The Kier molecular flexibility index (Phi) is 6.02. The van der Waals surface area contributed by atoms with Gasteiger partial charge in [0.25, 0.3) is 0 Å². The molecule has 0 atom stereocenters. The summed E-state index contributed by atoms with van der Waals surface area (Å²) in [6.07, 6.45) is 2.11. The summed E-state index contributed by atoms with van der Waals surface area (Å²) >= 11 is 0. The first kappa shape index (κ1) is 18.0. The van der Waals surface area contributed by atoms with Crippen molar-refractivity contribution in [1.82, 2.24) is 9.55 Å². The zero-order chi connectivity index (χ0) is 18.3. The predicted molar refractivity (Wildman–Crippen MR) is 106 cm³/mol. The van der Waals surface area contributed by atoms with Crippen LogP contribution in [0.1, 0.15) is 18.7 Å². The van der Waals surface area contributed by atoms with E-state index in [4.69, 9.17) is 14.5 Å². The lowest BCUT2D eigenvalue weighted by molar-refractivity contribution is -0.922. The summed E-state index contributed by atoms with van der Waals surface area (Å²) in [5.74, 6) is 2.14. The van der Waals surface area contributed by atoms with Crippen molar-refractivity contribution >= 4 is 11.0 Å². The van der Waals surface area contributed by atoms with Gasteiger partial charge in [-0.15, -0.1) is 0 Å². The lowest BCUT2D eigenvalue weighted by Gasteiger charge is -2.23. The van der Waals surface area contributed by atoms with Crippen molar-refractivity contribution < 1.29 is 14.4 Å². The standard InChI is InChI=1S/C22H27N3O2/c1-2-8-19(9-3-1)27-15-7-6-12-25-21-11-5-4-10-20(21)23-22(25)18-24-13-16-26-17-14-24/h1-5,8-11H,6-7,12-18H2/p+1. The van der Waals surface area contributed by atoms with Gasteiger partial charge < -0.3 is 18.9 Å². The van der Waals surface area contributed by atoms with E-state index in [-0.39, 0.29) is 0 Å². The van der Waals surface area contributed by atoms with Gasteiger partial charge in [-0.05, 0) is 37.1 Å². The number of ether oxygens (including phenoxy) is 2. The number of nitrogens with one attached hydrogen (secondary N) is 1.